The molecule has 2 N–H and O–H groups in total. The predicted octanol–water partition coefficient (Wildman–Crippen LogP) is 4.53. The van der Waals surface area contributed by atoms with Crippen molar-refractivity contribution < 1.29 is 9.50 Å². The number of fused-ring (bicyclic) bond motifs is 1. The number of nitrogens with zero attached hydrogens (tertiary/aromatic N) is 1. The number of aromatic hydroxyl groups is 1. The molecule has 0 amide bonds. The van der Waals surface area contributed by atoms with Gasteiger partial charge in [-0.15, -0.1) is 0 Å². The SMILES string of the molecule is Oc1[nH]c2ccc(F)cc2c1C=Nc1ccc(Br)cc1. The van der Waals surface area contributed by atoms with E-state index in [9.17, 15) is 9.50 Å². The maximum Gasteiger partial charge on any atom is 0.198 e. The van der Waals surface area contributed by atoms with E-state index in [2.05, 4.69) is 25.9 Å². The van der Waals surface area contributed by atoms with Crippen molar-refractivity contribution >= 4 is 38.7 Å². The minimum absolute atomic E-state index is 0.0218. The van der Waals surface area contributed by atoms with Crippen LogP contribution in [0.2, 0.25) is 0 Å². The molecule has 0 spiro atoms. The lowest BCUT2D eigenvalue weighted by atomic mass is 10.2. The van der Waals surface area contributed by atoms with Gasteiger partial charge in [-0.2, -0.15) is 0 Å². The van der Waals surface area contributed by atoms with Crippen LogP contribution in [0.4, 0.5) is 10.1 Å². The predicted molar refractivity (Wildman–Crippen MR) is 81.3 cm³/mol. The Bertz CT molecular complexity index is 793. The normalized spacial score (nSPS) is 11.5. The molecule has 0 aliphatic carbocycles. The molecule has 2 aromatic carbocycles. The van der Waals surface area contributed by atoms with E-state index in [0.717, 1.165) is 10.2 Å². The van der Waals surface area contributed by atoms with E-state index < -0.39 is 0 Å². The Morgan fingerprint density at radius 1 is 1.15 bits per heavy atom. The van der Waals surface area contributed by atoms with Crippen LogP contribution in [0, 0.1) is 5.82 Å². The second kappa shape index (κ2) is 5.09. The highest BCUT2D eigenvalue weighted by Gasteiger charge is 2.09. The van der Waals surface area contributed by atoms with Crippen molar-refractivity contribution in [1.29, 1.82) is 0 Å². The van der Waals surface area contributed by atoms with Gasteiger partial charge in [0, 0.05) is 21.6 Å². The molecule has 5 heteroatoms. The molecule has 1 aromatic heterocycles. The Balaban J connectivity index is 2.03. The summed E-state index contributed by atoms with van der Waals surface area (Å²) in [6, 6.07) is 11.7. The summed E-state index contributed by atoms with van der Waals surface area (Å²) in [6.45, 7) is 0. The first kappa shape index (κ1) is 12.9. The monoisotopic (exact) mass is 332 g/mol. The highest BCUT2D eigenvalue weighted by molar-refractivity contribution is 9.10. The van der Waals surface area contributed by atoms with Gasteiger partial charge >= 0.3 is 0 Å². The largest absolute Gasteiger partial charge is 0.494 e. The lowest BCUT2D eigenvalue weighted by molar-refractivity contribution is 0.457. The van der Waals surface area contributed by atoms with Gasteiger partial charge < -0.3 is 10.1 Å². The highest BCUT2D eigenvalue weighted by Crippen LogP contribution is 2.27. The molecular weight excluding hydrogens is 323 g/mol. The topological polar surface area (TPSA) is 48.4 Å². The average Bonchev–Trinajstić information content (AvgIpc) is 2.73. The summed E-state index contributed by atoms with van der Waals surface area (Å²) in [5, 5.41) is 10.5. The van der Waals surface area contributed by atoms with Crippen molar-refractivity contribution in [2.75, 3.05) is 0 Å². The number of H-pyrrole nitrogens is 1. The summed E-state index contributed by atoms with van der Waals surface area (Å²) in [4.78, 5) is 7.07. The summed E-state index contributed by atoms with van der Waals surface area (Å²) in [6.07, 6.45) is 1.52. The molecule has 0 unspecified atom stereocenters. The Labute approximate surface area is 122 Å². The fourth-order valence-corrected chi connectivity index (χ4v) is 2.23. The Hall–Kier alpha value is -2.14. The molecular formula is C15H10BrFN2O. The second-order valence-corrected chi connectivity index (χ2v) is 5.23. The molecule has 20 heavy (non-hydrogen) atoms. The summed E-state index contributed by atoms with van der Waals surface area (Å²) in [5.74, 6) is -0.374. The zero-order valence-electron chi connectivity index (χ0n) is 10.3. The fraction of sp³-hybridized carbons (Fsp3) is 0. The average molecular weight is 333 g/mol. The zero-order valence-corrected chi connectivity index (χ0v) is 11.9. The molecule has 0 saturated carbocycles. The first-order valence-corrected chi connectivity index (χ1v) is 6.72. The Kier molecular flexibility index (Phi) is 3.28. The van der Waals surface area contributed by atoms with Crippen LogP contribution in [-0.2, 0) is 0 Å². The quantitative estimate of drug-likeness (QED) is 0.665. The van der Waals surface area contributed by atoms with Gasteiger partial charge in [0.2, 0.25) is 0 Å². The van der Waals surface area contributed by atoms with Gasteiger partial charge in [-0.25, -0.2) is 4.39 Å². The number of aromatic amines is 1. The molecule has 0 radical (unpaired) electrons. The third kappa shape index (κ3) is 2.44. The minimum atomic E-state index is -0.352. The maximum atomic E-state index is 13.3. The highest BCUT2D eigenvalue weighted by atomic mass is 79.9. The number of hydrogen-bond donors (Lipinski definition) is 2. The molecule has 100 valence electrons. The van der Waals surface area contributed by atoms with Crippen LogP contribution in [0.5, 0.6) is 5.88 Å². The van der Waals surface area contributed by atoms with Crippen LogP contribution < -0.4 is 0 Å². The summed E-state index contributed by atoms with van der Waals surface area (Å²) >= 11 is 3.35. The van der Waals surface area contributed by atoms with E-state index in [-0.39, 0.29) is 11.7 Å². The molecule has 0 saturated heterocycles. The standard InChI is InChI=1S/C15H10BrFN2O/c16-9-1-4-11(5-2-9)18-8-13-12-7-10(17)3-6-14(12)19-15(13)20/h1-8,19-20H. The van der Waals surface area contributed by atoms with Gasteiger partial charge in [0.25, 0.3) is 0 Å². The number of aromatic nitrogens is 1. The second-order valence-electron chi connectivity index (χ2n) is 4.31. The minimum Gasteiger partial charge on any atom is -0.494 e. The van der Waals surface area contributed by atoms with Crippen molar-refractivity contribution in [3.8, 4) is 5.88 Å². The molecule has 1 heterocycles. The zero-order chi connectivity index (χ0) is 14.1. The van der Waals surface area contributed by atoms with E-state index in [1.165, 1.54) is 18.3 Å². The summed E-state index contributed by atoms with van der Waals surface area (Å²) < 4.78 is 14.3. The lowest BCUT2D eigenvalue weighted by Gasteiger charge is -1.95. The van der Waals surface area contributed by atoms with E-state index in [1.807, 2.05) is 24.3 Å². The van der Waals surface area contributed by atoms with E-state index >= 15 is 0 Å². The first-order chi connectivity index (χ1) is 9.63. The van der Waals surface area contributed by atoms with Crippen LogP contribution >= 0.6 is 15.9 Å². The van der Waals surface area contributed by atoms with Gasteiger partial charge in [-0.1, -0.05) is 15.9 Å². The number of hydrogen-bond acceptors (Lipinski definition) is 2. The summed E-state index contributed by atoms with van der Waals surface area (Å²) in [5.41, 5.74) is 1.89. The van der Waals surface area contributed by atoms with Crippen molar-refractivity contribution in [2.45, 2.75) is 0 Å². The van der Waals surface area contributed by atoms with Crippen LogP contribution in [0.1, 0.15) is 5.56 Å². The van der Waals surface area contributed by atoms with Gasteiger partial charge in [-0.05, 0) is 42.5 Å². The van der Waals surface area contributed by atoms with Crippen molar-refractivity contribution in [2.24, 2.45) is 4.99 Å². The molecule has 0 atom stereocenters. The first-order valence-electron chi connectivity index (χ1n) is 5.93. The van der Waals surface area contributed by atoms with Gasteiger partial charge in [0.1, 0.15) is 5.82 Å². The Morgan fingerprint density at radius 2 is 1.90 bits per heavy atom. The third-order valence-electron chi connectivity index (χ3n) is 2.95. The third-order valence-corrected chi connectivity index (χ3v) is 3.48. The van der Waals surface area contributed by atoms with Crippen molar-refractivity contribution in [3.05, 3.63) is 58.3 Å². The van der Waals surface area contributed by atoms with E-state index in [4.69, 9.17) is 0 Å². The number of halogens is 2. The number of benzene rings is 2. The molecule has 3 nitrogen and oxygen atoms in total. The summed E-state index contributed by atoms with van der Waals surface area (Å²) in [7, 11) is 0. The smallest absolute Gasteiger partial charge is 0.198 e. The van der Waals surface area contributed by atoms with Crippen LogP contribution in [-0.4, -0.2) is 16.3 Å². The van der Waals surface area contributed by atoms with E-state index in [0.29, 0.717) is 16.5 Å². The maximum absolute atomic E-state index is 13.3. The molecule has 3 rings (SSSR count). The van der Waals surface area contributed by atoms with E-state index in [1.54, 1.807) is 6.07 Å². The molecule has 0 fully saturated rings. The van der Waals surface area contributed by atoms with Crippen LogP contribution in [0.25, 0.3) is 10.9 Å². The molecule has 0 aliphatic heterocycles. The Morgan fingerprint density at radius 3 is 2.65 bits per heavy atom. The number of nitrogens with one attached hydrogen (secondary N) is 1. The van der Waals surface area contributed by atoms with Crippen molar-refractivity contribution in [1.82, 2.24) is 4.98 Å². The van der Waals surface area contributed by atoms with Gasteiger partial charge in [-0.3, -0.25) is 4.99 Å². The number of aliphatic imine (C=N–C) groups is 1. The lowest BCUT2D eigenvalue weighted by Crippen LogP contribution is -1.80. The number of rotatable bonds is 2. The fourth-order valence-electron chi connectivity index (χ4n) is 1.97. The molecule has 0 aliphatic rings. The van der Waals surface area contributed by atoms with Crippen molar-refractivity contribution in [3.63, 3.8) is 0 Å². The van der Waals surface area contributed by atoms with Gasteiger partial charge in [0.05, 0.1) is 11.3 Å². The van der Waals surface area contributed by atoms with Crippen LogP contribution in [0.15, 0.2) is 51.9 Å². The molecule has 0 bridgehead atoms. The molecule has 3 aromatic rings. The van der Waals surface area contributed by atoms with Crippen LogP contribution in [0.3, 0.4) is 0 Å². The van der Waals surface area contributed by atoms with Gasteiger partial charge in [0.15, 0.2) is 5.88 Å².